The van der Waals surface area contributed by atoms with Crippen molar-refractivity contribution < 1.29 is 13.5 Å². The fourth-order valence-corrected chi connectivity index (χ4v) is 2.36. The van der Waals surface area contributed by atoms with Gasteiger partial charge < -0.3 is 5.11 Å². The zero-order valence-electron chi connectivity index (χ0n) is 11.3. The molecule has 5 heteroatoms. The van der Waals surface area contributed by atoms with Crippen LogP contribution < -0.4 is 4.72 Å². The maximum absolute atomic E-state index is 11.7. The van der Waals surface area contributed by atoms with Crippen molar-refractivity contribution in [3.8, 4) is 5.75 Å². The van der Waals surface area contributed by atoms with Gasteiger partial charge in [-0.05, 0) is 31.5 Å². The molecule has 2 N–H and O–H groups in total. The Kier molecular flexibility index (Phi) is 4.40. The Hall–Kier alpha value is -1.07. The molecule has 0 heterocycles. The Bertz CT molecular complexity index is 489. The standard InChI is InChI=1S/C13H21NO3S/c1-10(2)18(16,17)14-9-13(3,4)11-5-7-12(15)8-6-11/h5-8,10,14-15H,9H2,1-4H3. The van der Waals surface area contributed by atoms with Crippen LogP contribution in [0.5, 0.6) is 5.75 Å². The average Bonchev–Trinajstić information content (AvgIpc) is 2.27. The lowest BCUT2D eigenvalue weighted by Crippen LogP contribution is -2.39. The smallest absolute Gasteiger partial charge is 0.213 e. The summed E-state index contributed by atoms with van der Waals surface area (Å²) in [6.45, 7) is 7.55. The molecule has 0 aliphatic rings. The van der Waals surface area contributed by atoms with Crippen LogP contribution in [-0.2, 0) is 15.4 Å². The monoisotopic (exact) mass is 271 g/mol. The van der Waals surface area contributed by atoms with Crippen molar-refractivity contribution in [1.29, 1.82) is 0 Å². The van der Waals surface area contributed by atoms with Crippen LogP contribution in [0.25, 0.3) is 0 Å². The first-order valence-electron chi connectivity index (χ1n) is 5.93. The normalized spacial score (nSPS) is 12.9. The first-order chi connectivity index (χ1) is 8.15. The highest BCUT2D eigenvalue weighted by Crippen LogP contribution is 2.24. The van der Waals surface area contributed by atoms with Gasteiger partial charge in [-0.3, -0.25) is 0 Å². The fourth-order valence-electron chi connectivity index (χ4n) is 1.46. The number of benzene rings is 1. The van der Waals surface area contributed by atoms with E-state index in [1.54, 1.807) is 38.1 Å². The largest absolute Gasteiger partial charge is 0.508 e. The molecule has 0 saturated heterocycles. The van der Waals surface area contributed by atoms with Crippen molar-refractivity contribution in [2.75, 3.05) is 6.54 Å². The molecule has 0 spiro atoms. The molecule has 0 bridgehead atoms. The molecular formula is C13H21NO3S. The zero-order valence-corrected chi connectivity index (χ0v) is 12.1. The summed E-state index contributed by atoms with van der Waals surface area (Å²) < 4.78 is 26.0. The maximum Gasteiger partial charge on any atom is 0.213 e. The summed E-state index contributed by atoms with van der Waals surface area (Å²) in [5, 5.41) is 8.81. The highest BCUT2D eigenvalue weighted by atomic mass is 32.2. The van der Waals surface area contributed by atoms with Crippen molar-refractivity contribution in [3.63, 3.8) is 0 Å². The minimum atomic E-state index is -3.25. The molecule has 0 radical (unpaired) electrons. The molecule has 0 aliphatic carbocycles. The number of rotatable bonds is 5. The van der Waals surface area contributed by atoms with Gasteiger partial charge in [0.2, 0.25) is 10.0 Å². The lowest BCUT2D eigenvalue weighted by Gasteiger charge is -2.26. The summed E-state index contributed by atoms with van der Waals surface area (Å²) in [7, 11) is -3.25. The summed E-state index contributed by atoms with van der Waals surface area (Å²) in [6, 6.07) is 6.82. The molecule has 0 unspecified atom stereocenters. The third-order valence-corrected chi connectivity index (χ3v) is 4.77. The molecule has 18 heavy (non-hydrogen) atoms. The summed E-state index contributed by atoms with van der Waals surface area (Å²) >= 11 is 0. The highest BCUT2D eigenvalue weighted by Gasteiger charge is 2.24. The van der Waals surface area contributed by atoms with Gasteiger partial charge in [0.25, 0.3) is 0 Å². The van der Waals surface area contributed by atoms with Crippen LogP contribution in [0.15, 0.2) is 24.3 Å². The molecule has 1 aromatic rings. The van der Waals surface area contributed by atoms with Crippen molar-refractivity contribution in [3.05, 3.63) is 29.8 Å². The van der Waals surface area contributed by atoms with Crippen molar-refractivity contribution in [2.24, 2.45) is 0 Å². The predicted molar refractivity (Wildman–Crippen MR) is 73.2 cm³/mol. The van der Waals surface area contributed by atoms with E-state index < -0.39 is 15.3 Å². The Morgan fingerprint density at radius 3 is 2.17 bits per heavy atom. The summed E-state index contributed by atoms with van der Waals surface area (Å²) in [5.41, 5.74) is 0.655. The van der Waals surface area contributed by atoms with E-state index in [0.29, 0.717) is 6.54 Å². The molecule has 0 aliphatic heterocycles. The van der Waals surface area contributed by atoms with Crippen LogP contribution in [0.1, 0.15) is 33.3 Å². The van der Waals surface area contributed by atoms with Gasteiger partial charge in [0.15, 0.2) is 0 Å². The lowest BCUT2D eigenvalue weighted by atomic mass is 9.85. The highest BCUT2D eigenvalue weighted by molar-refractivity contribution is 7.90. The van der Waals surface area contributed by atoms with Crippen LogP contribution in [0.4, 0.5) is 0 Å². The number of nitrogens with one attached hydrogen (secondary N) is 1. The lowest BCUT2D eigenvalue weighted by molar-refractivity contribution is 0.471. The van der Waals surface area contributed by atoms with Crippen molar-refractivity contribution >= 4 is 10.0 Å². The number of sulfonamides is 1. The number of hydrogen-bond acceptors (Lipinski definition) is 3. The van der Waals surface area contributed by atoms with Crippen molar-refractivity contribution in [1.82, 2.24) is 4.72 Å². The van der Waals surface area contributed by atoms with E-state index in [-0.39, 0.29) is 11.2 Å². The minimum Gasteiger partial charge on any atom is -0.508 e. The Labute approximate surface area is 109 Å². The summed E-state index contributed by atoms with van der Waals surface area (Å²) in [5.74, 6) is 0.206. The Morgan fingerprint density at radius 1 is 1.22 bits per heavy atom. The number of aromatic hydroxyl groups is 1. The molecule has 1 rings (SSSR count). The number of hydrogen-bond donors (Lipinski definition) is 2. The minimum absolute atomic E-state index is 0.206. The second kappa shape index (κ2) is 5.28. The third kappa shape index (κ3) is 3.71. The molecule has 0 aromatic heterocycles. The topological polar surface area (TPSA) is 66.4 Å². The van der Waals surface area contributed by atoms with Gasteiger partial charge in [-0.2, -0.15) is 0 Å². The summed E-state index contributed by atoms with van der Waals surface area (Å²) in [6.07, 6.45) is 0. The fraction of sp³-hybridized carbons (Fsp3) is 0.538. The molecule has 102 valence electrons. The van der Waals surface area contributed by atoms with Gasteiger partial charge >= 0.3 is 0 Å². The van der Waals surface area contributed by atoms with Crippen LogP contribution in [-0.4, -0.2) is 25.3 Å². The molecule has 1 aromatic carbocycles. The van der Waals surface area contributed by atoms with E-state index in [4.69, 9.17) is 0 Å². The van der Waals surface area contributed by atoms with E-state index in [0.717, 1.165) is 5.56 Å². The molecule has 4 nitrogen and oxygen atoms in total. The van der Waals surface area contributed by atoms with Gasteiger partial charge in [0, 0.05) is 12.0 Å². The van der Waals surface area contributed by atoms with Gasteiger partial charge in [0.1, 0.15) is 5.75 Å². The van der Waals surface area contributed by atoms with Gasteiger partial charge in [-0.15, -0.1) is 0 Å². The second-order valence-corrected chi connectivity index (χ2v) is 7.67. The van der Waals surface area contributed by atoms with E-state index in [1.165, 1.54) is 0 Å². The van der Waals surface area contributed by atoms with Crippen LogP contribution in [0, 0.1) is 0 Å². The van der Waals surface area contributed by atoms with Gasteiger partial charge in [-0.25, -0.2) is 13.1 Å². The molecular weight excluding hydrogens is 250 g/mol. The number of phenols is 1. The van der Waals surface area contributed by atoms with Crippen LogP contribution in [0.3, 0.4) is 0 Å². The summed E-state index contributed by atoms with van der Waals surface area (Å²) in [4.78, 5) is 0. The third-order valence-electron chi connectivity index (χ3n) is 2.98. The molecule has 0 fully saturated rings. The Balaban J connectivity index is 2.80. The predicted octanol–water partition coefficient (Wildman–Crippen LogP) is 2.00. The quantitative estimate of drug-likeness (QED) is 0.860. The average molecular weight is 271 g/mol. The first kappa shape index (κ1) is 15.0. The number of phenolic OH excluding ortho intramolecular Hbond substituents is 1. The molecule has 0 amide bonds. The van der Waals surface area contributed by atoms with E-state index in [9.17, 15) is 13.5 Å². The maximum atomic E-state index is 11.7. The molecule has 0 saturated carbocycles. The van der Waals surface area contributed by atoms with Crippen molar-refractivity contribution in [2.45, 2.75) is 38.4 Å². The van der Waals surface area contributed by atoms with Crippen LogP contribution in [0.2, 0.25) is 0 Å². The SMILES string of the molecule is CC(C)S(=O)(=O)NCC(C)(C)c1ccc(O)cc1. The van der Waals surface area contributed by atoms with Gasteiger partial charge in [-0.1, -0.05) is 26.0 Å². The first-order valence-corrected chi connectivity index (χ1v) is 7.48. The van der Waals surface area contributed by atoms with Gasteiger partial charge in [0.05, 0.1) is 5.25 Å². The second-order valence-electron chi connectivity index (χ2n) is 5.35. The van der Waals surface area contributed by atoms with E-state index in [1.807, 2.05) is 13.8 Å². The zero-order chi connectivity index (χ0) is 14.0. The van der Waals surface area contributed by atoms with E-state index >= 15 is 0 Å². The van der Waals surface area contributed by atoms with E-state index in [2.05, 4.69) is 4.72 Å². The molecule has 0 atom stereocenters. The van der Waals surface area contributed by atoms with Crippen LogP contribution >= 0.6 is 0 Å². The Morgan fingerprint density at radius 2 is 1.72 bits per heavy atom.